The Morgan fingerprint density at radius 3 is 2.38 bits per heavy atom. The van der Waals surface area contributed by atoms with Gasteiger partial charge in [-0.1, -0.05) is 64.9 Å². The molecular weight excluding hydrogens is 455 g/mol. The van der Waals surface area contributed by atoms with E-state index >= 15 is 0 Å². The third-order valence-electron chi connectivity index (χ3n) is 4.82. The number of amides is 1. The highest BCUT2D eigenvalue weighted by Crippen LogP contribution is 2.43. The van der Waals surface area contributed by atoms with E-state index in [4.69, 9.17) is 14.8 Å². The van der Waals surface area contributed by atoms with Crippen molar-refractivity contribution in [2.24, 2.45) is 5.73 Å². The summed E-state index contributed by atoms with van der Waals surface area (Å²) in [7, 11) is 0. The van der Waals surface area contributed by atoms with Crippen molar-refractivity contribution in [2.45, 2.75) is 12.3 Å². The maximum atomic E-state index is 13.9. The molecule has 2 heterocycles. The van der Waals surface area contributed by atoms with Gasteiger partial charge in [-0.25, -0.2) is 0 Å². The molecule has 1 atom stereocenters. The number of nitrogens with two attached hydrogens (primary N) is 1. The van der Waals surface area contributed by atoms with Gasteiger partial charge in [0.1, 0.15) is 11.3 Å². The fourth-order valence-corrected chi connectivity index (χ4v) is 3.18. The summed E-state index contributed by atoms with van der Waals surface area (Å²) in [5, 5.41) is 19.9. The van der Waals surface area contributed by atoms with Crippen LogP contribution < -0.4 is 11.1 Å². The molecular formula is C22H18F3N5O4. The molecule has 4 rings (SSSR count). The van der Waals surface area contributed by atoms with E-state index in [9.17, 15) is 23.1 Å². The molecule has 0 bridgehead atoms. The lowest BCUT2D eigenvalue weighted by atomic mass is 10.1. The van der Waals surface area contributed by atoms with Crippen molar-refractivity contribution in [3.05, 3.63) is 65.7 Å². The molecule has 1 amide bonds. The third kappa shape index (κ3) is 4.67. The number of carbonyl (C=O) groups excluding carboxylic acids is 1. The van der Waals surface area contributed by atoms with Gasteiger partial charge in [0, 0.05) is 24.2 Å². The Balaban J connectivity index is 1.62. The quantitative estimate of drug-likeness (QED) is 0.372. The summed E-state index contributed by atoms with van der Waals surface area (Å²) in [5.74, 6) is -1.83. The van der Waals surface area contributed by atoms with Crippen LogP contribution in [-0.4, -0.2) is 39.4 Å². The number of benzene rings is 2. The van der Waals surface area contributed by atoms with E-state index in [0.29, 0.717) is 11.1 Å². The Morgan fingerprint density at radius 1 is 1.03 bits per heavy atom. The third-order valence-corrected chi connectivity index (χ3v) is 4.82. The Hall–Kier alpha value is -4.03. The highest BCUT2D eigenvalue weighted by atomic mass is 19.4. The first-order chi connectivity index (χ1) is 16.3. The molecule has 2 aromatic heterocycles. The number of hydrogen-bond donors (Lipinski definition) is 3. The lowest BCUT2D eigenvalue weighted by Crippen LogP contribution is -2.33. The van der Waals surface area contributed by atoms with E-state index < -0.39 is 41.1 Å². The average molecular weight is 473 g/mol. The molecule has 4 N–H and O–H groups in total. The highest BCUT2D eigenvalue weighted by molar-refractivity contribution is 5.82. The largest absolute Gasteiger partial charge is 0.422 e. The van der Waals surface area contributed by atoms with Crippen LogP contribution in [0.2, 0.25) is 0 Å². The molecule has 9 nitrogen and oxygen atoms in total. The van der Waals surface area contributed by atoms with Gasteiger partial charge in [-0.3, -0.25) is 4.79 Å². The van der Waals surface area contributed by atoms with Crippen molar-refractivity contribution in [1.29, 1.82) is 0 Å². The van der Waals surface area contributed by atoms with Gasteiger partial charge in [0.05, 0.1) is 0 Å². The topological polar surface area (TPSA) is 140 Å². The van der Waals surface area contributed by atoms with E-state index in [1.165, 1.54) is 36.4 Å². The van der Waals surface area contributed by atoms with Crippen LogP contribution in [0.15, 0.2) is 63.6 Å². The first-order valence-corrected chi connectivity index (χ1v) is 10.0. The van der Waals surface area contributed by atoms with E-state index in [0.717, 1.165) is 0 Å². The van der Waals surface area contributed by atoms with Crippen molar-refractivity contribution in [1.82, 2.24) is 20.6 Å². The Labute approximate surface area is 190 Å². The molecule has 0 radical (unpaired) electrons. The molecule has 0 fully saturated rings. The molecule has 0 aliphatic rings. The summed E-state index contributed by atoms with van der Waals surface area (Å²) in [4.78, 5) is 15.9. The van der Waals surface area contributed by atoms with Crippen LogP contribution in [0.3, 0.4) is 0 Å². The van der Waals surface area contributed by atoms with Crippen LogP contribution in [0.1, 0.15) is 17.2 Å². The summed E-state index contributed by atoms with van der Waals surface area (Å²) >= 11 is 0. The fourth-order valence-electron chi connectivity index (χ4n) is 3.18. The Bertz CT molecular complexity index is 1270. The summed E-state index contributed by atoms with van der Waals surface area (Å²) in [6.07, 6.45) is -6.21. The first kappa shape index (κ1) is 23.1. The number of rotatable bonds is 7. The summed E-state index contributed by atoms with van der Waals surface area (Å²) in [5.41, 5.74) is 4.68. The zero-order valence-corrected chi connectivity index (χ0v) is 17.4. The predicted octanol–water partition coefficient (Wildman–Crippen LogP) is 3.19. The molecule has 12 heteroatoms. The fraction of sp³-hybridized carbons (Fsp3) is 0.182. The zero-order chi connectivity index (χ0) is 24.3. The maximum Gasteiger partial charge on any atom is 0.422 e. The van der Waals surface area contributed by atoms with E-state index in [2.05, 4.69) is 20.6 Å². The lowest BCUT2D eigenvalue weighted by molar-refractivity contribution is -0.137. The second kappa shape index (κ2) is 9.45. The number of aliphatic hydroxyl groups excluding tert-OH is 1. The molecule has 0 saturated heterocycles. The minimum absolute atomic E-state index is 0.0191. The van der Waals surface area contributed by atoms with E-state index in [-0.39, 0.29) is 24.5 Å². The van der Waals surface area contributed by atoms with Gasteiger partial charge in [0.2, 0.25) is 11.6 Å². The molecule has 0 spiro atoms. The van der Waals surface area contributed by atoms with Crippen LogP contribution >= 0.6 is 0 Å². The molecule has 2 aromatic carbocycles. The monoisotopic (exact) mass is 473 g/mol. The van der Waals surface area contributed by atoms with Crippen LogP contribution in [0, 0.1) is 0 Å². The second-order valence-corrected chi connectivity index (χ2v) is 7.13. The zero-order valence-electron chi connectivity index (χ0n) is 17.4. The van der Waals surface area contributed by atoms with Crippen LogP contribution in [0.5, 0.6) is 0 Å². The van der Waals surface area contributed by atoms with Crippen molar-refractivity contribution in [2.75, 3.05) is 13.1 Å². The van der Waals surface area contributed by atoms with Gasteiger partial charge in [0.25, 0.3) is 11.8 Å². The van der Waals surface area contributed by atoms with Crippen LogP contribution in [0.25, 0.3) is 34.3 Å². The number of alkyl halides is 3. The standard InChI is InChI=1S/C22H18F3N5O4/c23-22(24,25)15-16(12-4-2-1-3-5-12)29-33-18(15)21-28-19(30-34-21)14-8-6-13(7-9-14)17(31)20(32)27-11-10-26/h1-9,17,31H,10-11,26H2,(H,27,32). The normalized spacial score (nSPS) is 12.5. The van der Waals surface area contributed by atoms with Crippen molar-refractivity contribution < 1.29 is 32.1 Å². The molecule has 34 heavy (non-hydrogen) atoms. The SMILES string of the molecule is NCCNC(=O)C(O)c1ccc(-c2noc(-c3onc(-c4ccccc4)c3C(F)(F)F)n2)cc1. The molecule has 1 unspecified atom stereocenters. The Kier molecular flexibility index (Phi) is 6.43. The Morgan fingerprint density at radius 2 is 1.74 bits per heavy atom. The molecule has 0 aliphatic heterocycles. The summed E-state index contributed by atoms with van der Waals surface area (Å²) < 4.78 is 51.6. The second-order valence-electron chi connectivity index (χ2n) is 7.13. The summed E-state index contributed by atoms with van der Waals surface area (Å²) in [6.45, 7) is 0.443. The minimum atomic E-state index is -4.79. The minimum Gasteiger partial charge on any atom is -0.378 e. The van der Waals surface area contributed by atoms with Crippen LogP contribution in [0.4, 0.5) is 13.2 Å². The van der Waals surface area contributed by atoms with Gasteiger partial charge < -0.3 is 25.2 Å². The van der Waals surface area contributed by atoms with Gasteiger partial charge in [-0.05, 0) is 5.56 Å². The van der Waals surface area contributed by atoms with Crippen molar-refractivity contribution in [3.8, 4) is 34.3 Å². The van der Waals surface area contributed by atoms with Gasteiger partial charge in [0.15, 0.2) is 6.10 Å². The molecule has 4 aromatic rings. The number of nitrogens with zero attached hydrogens (tertiary/aromatic N) is 3. The van der Waals surface area contributed by atoms with Gasteiger partial charge in [-0.2, -0.15) is 18.2 Å². The number of aliphatic hydroxyl groups is 1. The number of carbonyl (C=O) groups is 1. The number of hydrogen-bond acceptors (Lipinski definition) is 8. The molecule has 0 saturated carbocycles. The van der Waals surface area contributed by atoms with Crippen LogP contribution in [-0.2, 0) is 11.0 Å². The summed E-state index contributed by atoms with van der Waals surface area (Å²) in [6, 6.07) is 13.7. The van der Waals surface area contributed by atoms with E-state index in [1.807, 2.05) is 0 Å². The van der Waals surface area contributed by atoms with Gasteiger partial charge in [-0.15, -0.1) is 0 Å². The number of nitrogens with one attached hydrogen (secondary N) is 1. The number of halogens is 3. The lowest BCUT2D eigenvalue weighted by Gasteiger charge is -2.11. The molecule has 176 valence electrons. The first-order valence-electron chi connectivity index (χ1n) is 10.0. The molecule has 0 aliphatic carbocycles. The smallest absolute Gasteiger partial charge is 0.378 e. The highest BCUT2D eigenvalue weighted by Gasteiger charge is 2.42. The average Bonchev–Trinajstić information content (AvgIpc) is 3.50. The van der Waals surface area contributed by atoms with E-state index in [1.54, 1.807) is 18.2 Å². The van der Waals surface area contributed by atoms with Crippen molar-refractivity contribution in [3.63, 3.8) is 0 Å². The van der Waals surface area contributed by atoms with Crippen molar-refractivity contribution >= 4 is 5.91 Å². The number of aromatic nitrogens is 3. The van der Waals surface area contributed by atoms with Gasteiger partial charge >= 0.3 is 6.18 Å². The maximum absolute atomic E-state index is 13.9. The predicted molar refractivity (Wildman–Crippen MR) is 113 cm³/mol.